The van der Waals surface area contributed by atoms with Crippen LogP contribution in [0, 0.1) is 6.92 Å². The fourth-order valence-corrected chi connectivity index (χ4v) is 7.49. The van der Waals surface area contributed by atoms with Crippen LogP contribution < -0.4 is 5.56 Å². The molecule has 2 unspecified atom stereocenters. The molecule has 1 N–H and O–H groups in total. The zero-order chi connectivity index (χ0) is 28.7. The van der Waals surface area contributed by atoms with Crippen LogP contribution in [0.5, 0.6) is 0 Å². The summed E-state index contributed by atoms with van der Waals surface area (Å²) in [6, 6.07) is 3.44. The average molecular weight is 553 g/mol. The molecule has 3 aromatic heterocycles. The molecule has 9 nitrogen and oxygen atoms in total. The van der Waals surface area contributed by atoms with Crippen LogP contribution in [0.4, 0.5) is 0 Å². The monoisotopic (exact) mass is 552 g/mol. The molecule has 1 fully saturated rings. The van der Waals surface area contributed by atoms with Gasteiger partial charge in [0, 0.05) is 41.5 Å². The zero-order valence-electron chi connectivity index (χ0n) is 24.1. The predicted octanol–water partition coefficient (Wildman–Crippen LogP) is 4.65. The number of nitrogens with one attached hydrogen (secondary N) is 1. The molecule has 0 radical (unpaired) electrons. The van der Waals surface area contributed by atoms with Crippen molar-refractivity contribution in [1.29, 1.82) is 0 Å². The summed E-state index contributed by atoms with van der Waals surface area (Å²) in [5.41, 5.74) is 1.45. The van der Waals surface area contributed by atoms with Crippen LogP contribution in [-0.4, -0.2) is 50.2 Å². The van der Waals surface area contributed by atoms with Gasteiger partial charge in [0.05, 0.1) is 16.9 Å². The summed E-state index contributed by atoms with van der Waals surface area (Å²) in [7, 11) is -4.83. The van der Waals surface area contributed by atoms with Gasteiger partial charge >= 0.3 is 7.12 Å². The number of hydrogen-bond acceptors (Lipinski definition) is 6. The number of aryl methyl sites for hydroxylation is 1. The number of nitrogens with zero attached hydrogens (tertiary/aromatic N) is 3. The summed E-state index contributed by atoms with van der Waals surface area (Å²) in [5, 5.41) is 5.26. The third-order valence-corrected chi connectivity index (χ3v) is 11.3. The van der Waals surface area contributed by atoms with E-state index in [0.29, 0.717) is 11.0 Å². The number of hydrogen-bond donors (Lipinski definition) is 1. The van der Waals surface area contributed by atoms with Crippen LogP contribution in [0.1, 0.15) is 78.6 Å². The SMILES string of the molecule is CC1=CC(B2OC(C)(C)C(C)(C)O2)=CC(c2cn(C(C)C)nc2C)C1(C)S(=O)(=O)n1ccc2cc[nH]c(=O)c21. The molecule has 0 aromatic carbocycles. The maximum Gasteiger partial charge on any atom is 0.494 e. The molecule has 4 heterocycles. The van der Waals surface area contributed by atoms with Gasteiger partial charge in [0.1, 0.15) is 10.3 Å². The van der Waals surface area contributed by atoms with E-state index >= 15 is 0 Å². The Morgan fingerprint density at radius 3 is 2.31 bits per heavy atom. The smallest absolute Gasteiger partial charge is 0.399 e. The highest BCUT2D eigenvalue weighted by atomic mass is 32.2. The van der Waals surface area contributed by atoms with Gasteiger partial charge in [0.2, 0.25) is 10.0 Å². The maximum atomic E-state index is 14.7. The topological polar surface area (TPSA) is 108 Å². The van der Waals surface area contributed by atoms with E-state index < -0.39 is 44.6 Å². The molecule has 39 heavy (non-hydrogen) atoms. The van der Waals surface area contributed by atoms with Gasteiger partial charge in [-0.15, -0.1) is 0 Å². The fourth-order valence-electron chi connectivity index (χ4n) is 5.45. The van der Waals surface area contributed by atoms with Crippen LogP contribution in [-0.2, 0) is 19.3 Å². The Morgan fingerprint density at radius 1 is 1.08 bits per heavy atom. The molecule has 0 amide bonds. The van der Waals surface area contributed by atoms with Crippen molar-refractivity contribution >= 4 is 28.0 Å². The Balaban J connectivity index is 1.73. The minimum atomic E-state index is -4.17. The number of H-pyrrole nitrogens is 1. The standard InChI is InChI=1S/C28H37BN4O5S/c1-17(2)32-16-22(19(4)31-32)23-15-21(29-37-26(5,6)27(7,8)38-29)14-18(3)28(23,9)39(35,36)33-13-11-20-10-12-30-25(34)24(20)33/h10-17,23H,1-9H3,(H,30,34). The summed E-state index contributed by atoms with van der Waals surface area (Å²) in [5.74, 6) is -0.630. The molecule has 208 valence electrons. The molecular weight excluding hydrogens is 515 g/mol. The maximum absolute atomic E-state index is 14.7. The second kappa shape index (κ2) is 8.81. The predicted molar refractivity (Wildman–Crippen MR) is 153 cm³/mol. The molecule has 2 aliphatic rings. The second-order valence-electron chi connectivity index (χ2n) is 12.1. The summed E-state index contributed by atoms with van der Waals surface area (Å²) >= 11 is 0. The number of allylic oxidation sites excluding steroid dienone is 3. The number of fused-ring (bicyclic) bond motifs is 1. The lowest BCUT2D eigenvalue weighted by Crippen LogP contribution is -2.47. The van der Waals surface area contributed by atoms with Gasteiger partial charge in [-0.25, -0.2) is 12.4 Å². The number of pyridine rings is 1. The van der Waals surface area contributed by atoms with E-state index in [9.17, 15) is 13.2 Å². The highest BCUT2D eigenvalue weighted by Gasteiger charge is 2.56. The Bertz CT molecular complexity index is 1680. The number of rotatable bonds is 5. The molecule has 0 saturated carbocycles. The van der Waals surface area contributed by atoms with Gasteiger partial charge in [0.15, 0.2) is 0 Å². The average Bonchev–Trinajstić information content (AvgIpc) is 3.50. The van der Waals surface area contributed by atoms with E-state index in [1.807, 2.05) is 78.4 Å². The van der Waals surface area contributed by atoms with Crippen molar-refractivity contribution in [2.75, 3.05) is 0 Å². The van der Waals surface area contributed by atoms with E-state index in [2.05, 4.69) is 4.98 Å². The Kier molecular flexibility index (Phi) is 6.25. The van der Waals surface area contributed by atoms with Crippen LogP contribution in [0.25, 0.3) is 10.9 Å². The van der Waals surface area contributed by atoms with Gasteiger partial charge in [-0.05, 0) is 79.9 Å². The summed E-state index contributed by atoms with van der Waals surface area (Å²) in [6.45, 7) is 17.5. The van der Waals surface area contributed by atoms with Crippen LogP contribution in [0.2, 0.25) is 0 Å². The molecule has 2 atom stereocenters. The molecular formula is C28H37BN4O5S. The molecule has 0 spiro atoms. The first kappa shape index (κ1) is 27.7. The largest absolute Gasteiger partial charge is 0.494 e. The van der Waals surface area contributed by atoms with Crippen molar-refractivity contribution in [3.05, 3.63) is 75.5 Å². The lowest BCUT2D eigenvalue weighted by molar-refractivity contribution is 0.00578. The molecule has 1 saturated heterocycles. The normalized spacial score (nSPS) is 24.9. The number of aromatic amines is 1. The molecule has 5 rings (SSSR count). The quantitative estimate of drug-likeness (QED) is 0.462. The first-order chi connectivity index (χ1) is 18.0. The summed E-state index contributed by atoms with van der Waals surface area (Å²) in [4.78, 5) is 15.4. The Morgan fingerprint density at radius 2 is 1.72 bits per heavy atom. The molecule has 11 heteroatoms. The second-order valence-corrected chi connectivity index (χ2v) is 14.3. The van der Waals surface area contributed by atoms with Crippen molar-refractivity contribution in [1.82, 2.24) is 18.7 Å². The van der Waals surface area contributed by atoms with Gasteiger partial charge < -0.3 is 14.3 Å². The van der Waals surface area contributed by atoms with Crippen molar-refractivity contribution in [2.24, 2.45) is 0 Å². The van der Waals surface area contributed by atoms with E-state index in [1.165, 1.54) is 12.4 Å². The summed E-state index contributed by atoms with van der Waals surface area (Å²) < 4.78 is 43.6. The fraction of sp³-hybridized carbons (Fsp3) is 0.500. The highest BCUT2D eigenvalue weighted by molar-refractivity contribution is 7.91. The third-order valence-electron chi connectivity index (χ3n) is 8.83. The van der Waals surface area contributed by atoms with Crippen molar-refractivity contribution < 1.29 is 17.7 Å². The number of aromatic nitrogens is 4. The van der Waals surface area contributed by atoms with Crippen molar-refractivity contribution in [2.45, 2.75) is 90.2 Å². The van der Waals surface area contributed by atoms with E-state index in [-0.39, 0.29) is 11.6 Å². The molecule has 3 aromatic rings. The highest BCUT2D eigenvalue weighted by Crippen LogP contribution is 2.49. The van der Waals surface area contributed by atoms with Crippen molar-refractivity contribution in [3.8, 4) is 0 Å². The van der Waals surface area contributed by atoms with Gasteiger partial charge in [-0.3, -0.25) is 9.48 Å². The van der Waals surface area contributed by atoms with E-state index in [1.54, 1.807) is 19.1 Å². The van der Waals surface area contributed by atoms with Gasteiger partial charge in [-0.2, -0.15) is 5.10 Å². The minimum Gasteiger partial charge on any atom is -0.399 e. The van der Waals surface area contributed by atoms with Crippen LogP contribution >= 0.6 is 0 Å². The zero-order valence-corrected chi connectivity index (χ0v) is 24.9. The first-order valence-corrected chi connectivity index (χ1v) is 14.7. The van der Waals surface area contributed by atoms with Gasteiger partial charge in [0.25, 0.3) is 5.56 Å². The molecule has 1 aliphatic carbocycles. The van der Waals surface area contributed by atoms with E-state index in [0.717, 1.165) is 20.7 Å². The van der Waals surface area contributed by atoms with Crippen molar-refractivity contribution in [3.63, 3.8) is 0 Å². The first-order valence-electron chi connectivity index (χ1n) is 13.3. The van der Waals surface area contributed by atoms with Crippen LogP contribution in [0.3, 0.4) is 0 Å². The van der Waals surface area contributed by atoms with Gasteiger partial charge in [-0.1, -0.05) is 17.7 Å². The lowest BCUT2D eigenvalue weighted by atomic mass is 9.67. The van der Waals surface area contributed by atoms with E-state index in [4.69, 9.17) is 14.4 Å². The lowest BCUT2D eigenvalue weighted by Gasteiger charge is -2.40. The summed E-state index contributed by atoms with van der Waals surface area (Å²) in [6.07, 6.45) is 8.70. The van der Waals surface area contributed by atoms with Crippen LogP contribution in [0.15, 0.2) is 58.7 Å². The minimum absolute atomic E-state index is 0.0963. The Labute approximate surface area is 230 Å². The molecule has 0 bridgehead atoms. The third kappa shape index (κ3) is 4.00. The Hall–Kier alpha value is -2.89. The molecule has 1 aliphatic heterocycles.